The Kier molecular flexibility index (Phi) is 4.65. The first kappa shape index (κ1) is 10.0. The summed E-state index contributed by atoms with van der Waals surface area (Å²) in [6, 6.07) is 0.328. The van der Waals surface area contributed by atoms with Crippen LogP contribution in [0.2, 0.25) is 0 Å². The van der Waals surface area contributed by atoms with Gasteiger partial charge in [0.15, 0.2) is 0 Å². The van der Waals surface area contributed by atoms with E-state index in [1.54, 1.807) is 11.3 Å². The summed E-state index contributed by atoms with van der Waals surface area (Å²) in [6.45, 7) is 2.05. The first-order valence-electron chi connectivity index (χ1n) is 4.00. The number of thioether (sulfide) groups is 1. The highest BCUT2D eigenvalue weighted by molar-refractivity contribution is 7.98. The van der Waals surface area contributed by atoms with E-state index in [1.807, 2.05) is 30.3 Å². The summed E-state index contributed by atoms with van der Waals surface area (Å²) in [5.74, 6) is 2.17. The molecule has 1 aromatic rings. The van der Waals surface area contributed by atoms with E-state index in [-0.39, 0.29) is 0 Å². The minimum atomic E-state index is 0.328. The van der Waals surface area contributed by atoms with E-state index < -0.39 is 0 Å². The van der Waals surface area contributed by atoms with Gasteiger partial charge in [-0.05, 0) is 19.1 Å². The van der Waals surface area contributed by atoms with E-state index in [9.17, 15) is 0 Å². The fourth-order valence-electron chi connectivity index (χ4n) is 0.753. The Balaban J connectivity index is 2.04. The quantitative estimate of drug-likeness (QED) is 0.743. The normalized spacial score (nSPS) is 13.2. The molecule has 0 bridgehead atoms. The minimum absolute atomic E-state index is 0.328. The van der Waals surface area contributed by atoms with Crippen LogP contribution in [0.1, 0.15) is 18.4 Å². The third kappa shape index (κ3) is 4.09. The summed E-state index contributed by atoms with van der Waals surface area (Å²) in [4.78, 5) is 4.20. The molecule has 1 unspecified atom stereocenters. The number of hydrogen-bond donors (Lipinski definition) is 1. The van der Waals surface area contributed by atoms with Gasteiger partial charge in [-0.1, -0.05) is 0 Å². The summed E-state index contributed by atoms with van der Waals surface area (Å²) in [5, 5.41) is 3.23. The van der Waals surface area contributed by atoms with Crippen molar-refractivity contribution >= 4 is 23.1 Å². The Morgan fingerprint density at radius 3 is 3.17 bits per heavy atom. The molecule has 0 spiro atoms. The number of hydrogen-bond acceptors (Lipinski definition) is 4. The van der Waals surface area contributed by atoms with E-state index in [4.69, 9.17) is 5.73 Å². The summed E-state index contributed by atoms with van der Waals surface area (Å²) < 4.78 is 0. The standard InChI is InChI=1S/C8H14N2S2/c1-7(9)2-4-11-6-8-10-3-5-12-8/h3,5,7H,2,4,6,9H2,1H3. The van der Waals surface area contributed by atoms with Crippen molar-refractivity contribution in [2.45, 2.75) is 25.1 Å². The minimum Gasteiger partial charge on any atom is -0.328 e. The van der Waals surface area contributed by atoms with Gasteiger partial charge in [-0.15, -0.1) is 11.3 Å². The molecular formula is C8H14N2S2. The first-order chi connectivity index (χ1) is 5.79. The van der Waals surface area contributed by atoms with E-state index in [2.05, 4.69) is 4.98 Å². The van der Waals surface area contributed by atoms with Crippen LogP contribution in [0.15, 0.2) is 11.6 Å². The smallest absolute Gasteiger partial charge is 0.102 e. The number of aromatic nitrogens is 1. The Labute approximate surface area is 81.6 Å². The highest BCUT2D eigenvalue weighted by Crippen LogP contribution is 2.15. The fraction of sp³-hybridized carbons (Fsp3) is 0.625. The fourth-order valence-corrected chi connectivity index (χ4v) is 2.61. The van der Waals surface area contributed by atoms with Crippen molar-refractivity contribution in [2.75, 3.05) is 5.75 Å². The summed E-state index contributed by atoms with van der Waals surface area (Å²) in [6.07, 6.45) is 2.95. The van der Waals surface area contributed by atoms with Gasteiger partial charge in [0.2, 0.25) is 0 Å². The van der Waals surface area contributed by atoms with Crippen LogP contribution in [0.4, 0.5) is 0 Å². The largest absolute Gasteiger partial charge is 0.328 e. The van der Waals surface area contributed by atoms with Crippen LogP contribution in [0.3, 0.4) is 0 Å². The molecule has 0 radical (unpaired) electrons. The third-order valence-corrected chi connectivity index (χ3v) is 3.39. The van der Waals surface area contributed by atoms with Crippen LogP contribution >= 0.6 is 23.1 Å². The summed E-state index contributed by atoms with van der Waals surface area (Å²) in [7, 11) is 0. The van der Waals surface area contributed by atoms with E-state index in [0.29, 0.717) is 6.04 Å². The summed E-state index contributed by atoms with van der Waals surface area (Å²) >= 11 is 3.63. The van der Waals surface area contributed by atoms with Gasteiger partial charge in [0.1, 0.15) is 5.01 Å². The Morgan fingerprint density at radius 2 is 2.58 bits per heavy atom. The van der Waals surface area contributed by atoms with E-state index in [1.165, 1.54) is 5.01 Å². The van der Waals surface area contributed by atoms with Gasteiger partial charge in [0, 0.05) is 23.4 Å². The molecule has 12 heavy (non-hydrogen) atoms. The van der Waals surface area contributed by atoms with Crippen LogP contribution in [-0.4, -0.2) is 16.8 Å². The van der Waals surface area contributed by atoms with Crippen LogP contribution in [0, 0.1) is 0 Å². The highest BCUT2D eigenvalue weighted by Gasteiger charge is 1.97. The van der Waals surface area contributed by atoms with Gasteiger partial charge in [-0.3, -0.25) is 0 Å². The molecule has 2 nitrogen and oxygen atoms in total. The maximum Gasteiger partial charge on any atom is 0.102 e. The Morgan fingerprint density at radius 1 is 1.75 bits per heavy atom. The van der Waals surface area contributed by atoms with Crippen molar-refractivity contribution in [3.8, 4) is 0 Å². The Hall–Kier alpha value is -0.0600. The van der Waals surface area contributed by atoms with Crippen molar-refractivity contribution in [2.24, 2.45) is 5.73 Å². The van der Waals surface area contributed by atoms with Crippen LogP contribution in [0.5, 0.6) is 0 Å². The molecule has 1 atom stereocenters. The zero-order valence-electron chi connectivity index (χ0n) is 7.19. The van der Waals surface area contributed by atoms with Gasteiger partial charge >= 0.3 is 0 Å². The molecule has 0 aromatic carbocycles. The average Bonchev–Trinajstić information content (AvgIpc) is 2.49. The lowest BCUT2D eigenvalue weighted by Gasteiger charge is -2.02. The molecular weight excluding hydrogens is 188 g/mol. The van der Waals surface area contributed by atoms with Crippen molar-refractivity contribution in [3.63, 3.8) is 0 Å². The third-order valence-electron chi connectivity index (χ3n) is 1.43. The van der Waals surface area contributed by atoms with Crippen molar-refractivity contribution < 1.29 is 0 Å². The Bertz CT molecular complexity index is 197. The lowest BCUT2D eigenvalue weighted by Crippen LogP contribution is -2.15. The predicted octanol–water partition coefficient (Wildman–Crippen LogP) is 2.11. The van der Waals surface area contributed by atoms with Gasteiger partial charge in [0.25, 0.3) is 0 Å². The first-order valence-corrected chi connectivity index (χ1v) is 6.04. The maximum atomic E-state index is 5.63. The van der Waals surface area contributed by atoms with Crippen LogP contribution < -0.4 is 5.73 Å². The summed E-state index contributed by atoms with van der Waals surface area (Å²) in [5.41, 5.74) is 5.63. The van der Waals surface area contributed by atoms with Crippen molar-refractivity contribution in [1.82, 2.24) is 4.98 Å². The SMILES string of the molecule is CC(N)CCSCc1nccs1. The van der Waals surface area contributed by atoms with Crippen molar-refractivity contribution in [1.29, 1.82) is 0 Å². The molecule has 1 aromatic heterocycles. The number of nitrogens with zero attached hydrogens (tertiary/aromatic N) is 1. The average molecular weight is 202 g/mol. The highest BCUT2D eigenvalue weighted by atomic mass is 32.2. The zero-order chi connectivity index (χ0) is 8.81. The van der Waals surface area contributed by atoms with Gasteiger partial charge in [-0.2, -0.15) is 11.8 Å². The number of thiazole rings is 1. The van der Waals surface area contributed by atoms with Gasteiger partial charge in [0.05, 0.1) is 0 Å². The second kappa shape index (κ2) is 5.56. The van der Waals surface area contributed by atoms with Gasteiger partial charge in [-0.25, -0.2) is 4.98 Å². The topological polar surface area (TPSA) is 38.9 Å². The number of rotatable bonds is 5. The molecule has 0 aliphatic heterocycles. The van der Waals surface area contributed by atoms with Crippen LogP contribution in [-0.2, 0) is 5.75 Å². The van der Waals surface area contributed by atoms with Crippen molar-refractivity contribution in [3.05, 3.63) is 16.6 Å². The lowest BCUT2D eigenvalue weighted by atomic mass is 10.3. The molecule has 68 valence electrons. The molecule has 0 saturated heterocycles. The molecule has 0 fully saturated rings. The number of nitrogens with two attached hydrogens (primary N) is 1. The molecule has 2 N–H and O–H groups in total. The second-order valence-electron chi connectivity index (χ2n) is 2.74. The van der Waals surface area contributed by atoms with E-state index in [0.717, 1.165) is 17.9 Å². The molecule has 1 rings (SSSR count). The monoisotopic (exact) mass is 202 g/mol. The predicted molar refractivity (Wildman–Crippen MR) is 56.5 cm³/mol. The molecule has 1 heterocycles. The zero-order valence-corrected chi connectivity index (χ0v) is 8.83. The van der Waals surface area contributed by atoms with Crippen LogP contribution in [0.25, 0.3) is 0 Å². The molecule has 0 saturated carbocycles. The molecule has 0 amide bonds. The second-order valence-corrected chi connectivity index (χ2v) is 4.83. The van der Waals surface area contributed by atoms with E-state index >= 15 is 0 Å². The molecule has 4 heteroatoms. The molecule has 0 aliphatic rings. The molecule has 0 aliphatic carbocycles. The lowest BCUT2D eigenvalue weighted by molar-refractivity contribution is 0.721. The maximum absolute atomic E-state index is 5.63. The van der Waals surface area contributed by atoms with Gasteiger partial charge < -0.3 is 5.73 Å².